The number of carbonyl (C=O) groups is 2. The van der Waals surface area contributed by atoms with Crippen LogP contribution < -0.4 is 10.1 Å². The van der Waals surface area contributed by atoms with E-state index in [-0.39, 0.29) is 18.1 Å². The highest BCUT2D eigenvalue weighted by Gasteiger charge is 2.18. The summed E-state index contributed by atoms with van der Waals surface area (Å²) in [4.78, 5) is 26.1. The van der Waals surface area contributed by atoms with Crippen molar-refractivity contribution in [3.8, 4) is 5.75 Å². The number of carbonyl (C=O) groups excluding carboxylic acids is 2. The van der Waals surface area contributed by atoms with Crippen LogP contribution in [-0.4, -0.2) is 18.8 Å². The molecule has 1 amide bonds. The first-order valence-corrected chi connectivity index (χ1v) is 11.1. The molecule has 0 spiro atoms. The summed E-state index contributed by atoms with van der Waals surface area (Å²) in [6, 6.07) is 23.4. The van der Waals surface area contributed by atoms with Gasteiger partial charge in [-0.15, -0.1) is 0 Å². The van der Waals surface area contributed by atoms with Gasteiger partial charge < -0.3 is 10.1 Å². The van der Waals surface area contributed by atoms with Gasteiger partial charge in [-0.2, -0.15) is 0 Å². The topological polar surface area (TPSA) is 55.4 Å². The van der Waals surface area contributed by atoms with Gasteiger partial charge in [-0.3, -0.25) is 9.59 Å². The van der Waals surface area contributed by atoms with Gasteiger partial charge in [0.1, 0.15) is 5.75 Å². The van der Waals surface area contributed by atoms with Crippen molar-refractivity contribution >= 4 is 55.7 Å². The van der Waals surface area contributed by atoms with Crippen LogP contribution in [0.1, 0.15) is 21.5 Å². The largest absolute Gasteiger partial charge is 0.496 e. The predicted molar refractivity (Wildman–Crippen MR) is 132 cm³/mol. The molecule has 0 aliphatic heterocycles. The maximum absolute atomic E-state index is 13.0. The lowest BCUT2D eigenvalue weighted by molar-refractivity contribution is -0.115. The Kier molecular flexibility index (Phi) is 6.58. The number of halogens is 2. The Bertz CT molecular complexity index is 1320. The van der Waals surface area contributed by atoms with E-state index < -0.39 is 0 Å². The van der Waals surface area contributed by atoms with Gasteiger partial charge in [0.05, 0.1) is 19.2 Å². The number of rotatable bonds is 6. The number of fused-ring (bicyclic) bond motifs is 1. The summed E-state index contributed by atoms with van der Waals surface area (Å²) in [6.45, 7) is 0. The molecular weight excluding hydrogens is 490 g/mol. The molecule has 0 heterocycles. The van der Waals surface area contributed by atoms with Crippen LogP contribution in [-0.2, 0) is 11.2 Å². The molecule has 4 aromatic carbocycles. The molecule has 0 aliphatic carbocycles. The molecule has 0 aliphatic rings. The number of amides is 1. The van der Waals surface area contributed by atoms with Crippen molar-refractivity contribution in [2.45, 2.75) is 6.42 Å². The van der Waals surface area contributed by atoms with E-state index >= 15 is 0 Å². The van der Waals surface area contributed by atoms with Gasteiger partial charge in [0, 0.05) is 26.2 Å². The van der Waals surface area contributed by atoms with Crippen molar-refractivity contribution in [1.29, 1.82) is 0 Å². The minimum Gasteiger partial charge on any atom is -0.496 e. The highest BCUT2D eigenvalue weighted by atomic mass is 79.9. The third-order valence-corrected chi connectivity index (χ3v) is 5.87. The van der Waals surface area contributed by atoms with Crippen molar-refractivity contribution in [3.63, 3.8) is 0 Å². The van der Waals surface area contributed by atoms with Crippen molar-refractivity contribution in [1.82, 2.24) is 0 Å². The Labute approximate surface area is 199 Å². The predicted octanol–water partition coefficient (Wildman–Crippen LogP) is 6.68. The normalized spacial score (nSPS) is 10.7. The highest BCUT2D eigenvalue weighted by Crippen LogP contribution is 2.31. The average Bonchev–Trinajstić information content (AvgIpc) is 2.80. The molecule has 160 valence electrons. The monoisotopic (exact) mass is 507 g/mol. The van der Waals surface area contributed by atoms with Crippen LogP contribution in [0.15, 0.2) is 83.3 Å². The number of ether oxygens (including phenoxy) is 1. The smallest absolute Gasteiger partial charge is 0.228 e. The SMILES string of the molecule is COc1ccc2cc(Br)ccc2c1CC(=O)Nc1ccc(Cl)cc1C(=O)c1ccccc1. The van der Waals surface area contributed by atoms with E-state index in [0.717, 1.165) is 20.8 Å². The summed E-state index contributed by atoms with van der Waals surface area (Å²) in [7, 11) is 1.58. The maximum atomic E-state index is 13.0. The number of hydrogen-bond acceptors (Lipinski definition) is 3. The van der Waals surface area contributed by atoms with E-state index in [9.17, 15) is 9.59 Å². The zero-order chi connectivity index (χ0) is 22.7. The summed E-state index contributed by atoms with van der Waals surface area (Å²) in [5.74, 6) is 0.158. The van der Waals surface area contributed by atoms with Gasteiger partial charge in [0.25, 0.3) is 0 Å². The van der Waals surface area contributed by atoms with Crippen molar-refractivity contribution in [2.24, 2.45) is 0 Å². The van der Waals surface area contributed by atoms with Crippen LogP contribution in [0.2, 0.25) is 5.02 Å². The maximum Gasteiger partial charge on any atom is 0.228 e. The highest BCUT2D eigenvalue weighted by molar-refractivity contribution is 9.10. The summed E-state index contributed by atoms with van der Waals surface area (Å²) >= 11 is 9.63. The molecule has 0 atom stereocenters. The van der Waals surface area contributed by atoms with Gasteiger partial charge in [-0.1, -0.05) is 70.0 Å². The number of benzene rings is 4. The van der Waals surface area contributed by atoms with Crippen molar-refractivity contribution < 1.29 is 14.3 Å². The molecule has 0 saturated heterocycles. The molecular formula is C26H19BrClNO3. The number of anilines is 1. The summed E-state index contributed by atoms with van der Waals surface area (Å²) < 4.78 is 6.46. The van der Waals surface area contributed by atoms with Crippen LogP contribution in [0.25, 0.3) is 10.8 Å². The molecule has 0 radical (unpaired) electrons. The van der Waals surface area contributed by atoms with Crippen LogP contribution in [0.4, 0.5) is 5.69 Å². The summed E-state index contributed by atoms with van der Waals surface area (Å²) in [5.41, 5.74) is 2.05. The molecule has 0 fully saturated rings. The van der Waals surface area contributed by atoms with Crippen LogP contribution in [0, 0.1) is 0 Å². The Morgan fingerprint density at radius 1 is 0.969 bits per heavy atom. The lowest BCUT2D eigenvalue weighted by atomic mass is 9.99. The second-order valence-corrected chi connectivity index (χ2v) is 8.57. The molecule has 4 rings (SSSR count). The zero-order valence-corrected chi connectivity index (χ0v) is 19.5. The molecule has 0 saturated carbocycles. The van der Waals surface area contributed by atoms with E-state index in [1.165, 1.54) is 0 Å². The zero-order valence-electron chi connectivity index (χ0n) is 17.2. The fourth-order valence-corrected chi connectivity index (χ4v) is 4.18. The quantitative estimate of drug-likeness (QED) is 0.296. The van der Waals surface area contributed by atoms with Gasteiger partial charge >= 0.3 is 0 Å². The van der Waals surface area contributed by atoms with E-state index in [0.29, 0.717) is 27.6 Å². The Hall–Kier alpha value is -3.15. The summed E-state index contributed by atoms with van der Waals surface area (Å²) in [6.07, 6.45) is 0.0870. The number of ketones is 1. The number of methoxy groups -OCH3 is 1. The van der Waals surface area contributed by atoms with E-state index in [4.69, 9.17) is 16.3 Å². The number of hydrogen-bond donors (Lipinski definition) is 1. The molecule has 32 heavy (non-hydrogen) atoms. The fraction of sp³-hybridized carbons (Fsp3) is 0.0769. The minimum atomic E-state index is -0.261. The lowest BCUT2D eigenvalue weighted by Gasteiger charge is -2.14. The number of nitrogens with one attached hydrogen (secondary N) is 1. The molecule has 0 unspecified atom stereocenters. The summed E-state index contributed by atoms with van der Waals surface area (Å²) in [5, 5.41) is 5.23. The van der Waals surface area contributed by atoms with E-state index in [2.05, 4.69) is 21.2 Å². The Balaban J connectivity index is 1.66. The first-order valence-electron chi connectivity index (χ1n) is 9.90. The lowest BCUT2D eigenvalue weighted by Crippen LogP contribution is -2.17. The Morgan fingerprint density at radius 2 is 1.75 bits per heavy atom. The van der Waals surface area contributed by atoms with Crippen LogP contribution >= 0.6 is 27.5 Å². The minimum absolute atomic E-state index is 0.0870. The molecule has 4 nitrogen and oxygen atoms in total. The fourth-order valence-electron chi connectivity index (χ4n) is 3.63. The van der Waals surface area contributed by atoms with Gasteiger partial charge in [0.15, 0.2) is 5.78 Å². The molecule has 1 N–H and O–H groups in total. The molecule has 0 aromatic heterocycles. The second kappa shape index (κ2) is 9.55. The molecule has 4 aromatic rings. The van der Waals surface area contributed by atoms with Gasteiger partial charge in [-0.05, 0) is 47.2 Å². The van der Waals surface area contributed by atoms with Crippen molar-refractivity contribution in [3.05, 3.63) is 105 Å². The first kappa shape index (κ1) is 22.1. The van der Waals surface area contributed by atoms with E-state index in [1.54, 1.807) is 49.6 Å². The third-order valence-electron chi connectivity index (χ3n) is 5.14. The van der Waals surface area contributed by atoms with Crippen LogP contribution in [0.3, 0.4) is 0 Å². The van der Waals surface area contributed by atoms with Crippen molar-refractivity contribution in [2.75, 3.05) is 12.4 Å². The van der Waals surface area contributed by atoms with Crippen LogP contribution in [0.5, 0.6) is 5.75 Å². The standard InChI is InChI=1S/C26H19BrClNO3/c1-32-24-12-7-17-13-18(27)8-10-20(17)21(24)15-25(30)29-23-11-9-19(28)14-22(23)26(31)16-5-3-2-4-6-16/h2-14H,15H2,1H3,(H,29,30). The molecule has 6 heteroatoms. The average molecular weight is 509 g/mol. The van der Waals surface area contributed by atoms with Gasteiger partial charge in [0.2, 0.25) is 5.91 Å². The Morgan fingerprint density at radius 3 is 2.50 bits per heavy atom. The third kappa shape index (κ3) is 4.69. The second-order valence-electron chi connectivity index (χ2n) is 7.22. The van der Waals surface area contributed by atoms with E-state index in [1.807, 2.05) is 36.4 Å². The molecule has 0 bridgehead atoms. The van der Waals surface area contributed by atoms with Gasteiger partial charge in [-0.25, -0.2) is 0 Å². The first-order chi connectivity index (χ1) is 15.5.